The van der Waals surface area contributed by atoms with Gasteiger partial charge in [-0.3, -0.25) is 0 Å². The molecule has 1 N–H and O–H groups in total. The van der Waals surface area contributed by atoms with Gasteiger partial charge in [0.25, 0.3) is 0 Å². The summed E-state index contributed by atoms with van der Waals surface area (Å²) < 4.78 is 1.28. The monoisotopic (exact) mass is 337 g/mol. The molecule has 0 spiro atoms. The van der Waals surface area contributed by atoms with Gasteiger partial charge in [0.15, 0.2) is 0 Å². The minimum Gasteiger partial charge on any atom is -0.368 e. The number of nitrogens with zero attached hydrogens (tertiary/aromatic N) is 4. The van der Waals surface area contributed by atoms with Crippen LogP contribution in [0.15, 0.2) is 39.8 Å². The molecule has 5 nitrogen and oxygen atoms in total. The van der Waals surface area contributed by atoms with Gasteiger partial charge >= 0.3 is 0 Å². The highest BCUT2D eigenvalue weighted by Gasteiger charge is 2.12. The Bertz CT molecular complexity index is 955. The summed E-state index contributed by atoms with van der Waals surface area (Å²) in [5, 5.41) is 16.2. The highest BCUT2D eigenvalue weighted by atomic mass is 32.1. The van der Waals surface area contributed by atoms with Crippen molar-refractivity contribution in [3.63, 3.8) is 0 Å². The van der Waals surface area contributed by atoms with E-state index in [9.17, 15) is 0 Å². The Morgan fingerprint density at radius 1 is 1.21 bits per heavy atom. The number of likely N-dealkylation sites (N-methyl/N-ethyl adjacent to an activating group) is 1. The Morgan fingerprint density at radius 3 is 2.92 bits per heavy atom. The first-order valence-corrected chi connectivity index (χ1v) is 8.88. The summed E-state index contributed by atoms with van der Waals surface area (Å²) in [6.45, 7) is 1.84. The van der Waals surface area contributed by atoms with Gasteiger partial charge in [-0.05, 0) is 31.6 Å². The van der Waals surface area contributed by atoms with Crippen molar-refractivity contribution < 1.29 is 0 Å². The van der Waals surface area contributed by atoms with Crippen LogP contribution in [0.5, 0.6) is 0 Å². The van der Waals surface area contributed by atoms with E-state index in [1.807, 2.05) is 6.21 Å². The molecule has 0 unspecified atom stereocenters. The van der Waals surface area contributed by atoms with Crippen LogP contribution in [0.4, 0.5) is 5.82 Å². The van der Waals surface area contributed by atoms with Gasteiger partial charge in [-0.15, -0.1) is 11.3 Å². The first-order valence-electron chi connectivity index (χ1n) is 8.00. The number of rotatable bonds is 5. The molecule has 0 radical (unpaired) electrons. The molecular weight excluding hydrogens is 318 g/mol. The lowest BCUT2D eigenvalue weighted by atomic mass is 10.0. The lowest BCUT2D eigenvalue weighted by molar-refractivity contribution is 0.425. The summed E-state index contributed by atoms with van der Waals surface area (Å²) in [4.78, 5) is 7.05. The average Bonchev–Trinajstić information content (AvgIpc) is 3.26. The molecule has 4 rings (SSSR count). The van der Waals surface area contributed by atoms with E-state index in [2.05, 4.69) is 64.2 Å². The quantitative estimate of drug-likeness (QED) is 0.774. The number of anilines is 1. The fraction of sp³-hybridized carbons (Fsp3) is 0.278. The van der Waals surface area contributed by atoms with E-state index < -0.39 is 0 Å². The third kappa shape index (κ3) is 2.79. The molecule has 1 aliphatic rings. The van der Waals surface area contributed by atoms with Crippen molar-refractivity contribution in [2.24, 2.45) is 10.2 Å². The summed E-state index contributed by atoms with van der Waals surface area (Å²) in [5.41, 5.74) is 3.11. The third-order valence-corrected chi connectivity index (χ3v) is 5.07. The predicted molar refractivity (Wildman–Crippen MR) is 104 cm³/mol. The number of thiophene rings is 1. The second-order valence-corrected chi connectivity index (χ2v) is 7.05. The van der Waals surface area contributed by atoms with Crippen molar-refractivity contribution in [1.82, 2.24) is 9.88 Å². The van der Waals surface area contributed by atoms with Crippen LogP contribution in [-0.4, -0.2) is 49.0 Å². The van der Waals surface area contributed by atoms with Crippen molar-refractivity contribution in [2.75, 3.05) is 32.5 Å². The lowest BCUT2D eigenvalue weighted by Gasteiger charge is -2.13. The molecule has 0 aliphatic carbocycles. The van der Waals surface area contributed by atoms with Gasteiger partial charge in [0, 0.05) is 46.8 Å². The SMILES string of the molecule is CN(C)CCNc1nc2cc(C3=NN=CC3)ccc2c2sccc12. The van der Waals surface area contributed by atoms with Crippen LogP contribution in [0.3, 0.4) is 0 Å². The number of benzene rings is 1. The normalized spacial score (nSPS) is 14.0. The van der Waals surface area contributed by atoms with Gasteiger partial charge in [-0.25, -0.2) is 4.98 Å². The molecule has 6 heteroatoms. The largest absolute Gasteiger partial charge is 0.368 e. The molecule has 1 aromatic carbocycles. The molecule has 0 amide bonds. The van der Waals surface area contributed by atoms with E-state index >= 15 is 0 Å². The summed E-state index contributed by atoms with van der Waals surface area (Å²) in [6.07, 6.45) is 2.63. The van der Waals surface area contributed by atoms with Gasteiger partial charge < -0.3 is 10.2 Å². The fourth-order valence-corrected chi connectivity index (χ4v) is 3.80. The van der Waals surface area contributed by atoms with Gasteiger partial charge in [-0.2, -0.15) is 10.2 Å². The second kappa shape index (κ2) is 6.30. The van der Waals surface area contributed by atoms with Gasteiger partial charge in [-0.1, -0.05) is 12.1 Å². The van der Waals surface area contributed by atoms with Crippen LogP contribution in [0.2, 0.25) is 0 Å². The topological polar surface area (TPSA) is 52.9 Å². The van der Waals surface area contributed by atoms with Crippen molar-refractivity contribution in [1.29, 1.82) is 0 Å². The van der Waals surface area contributed by atoms with Crippen LogP contribution in [0.1, 0.15) is 12.0 Å². The predicted octanol–water partition coefficient (Wildman–Crippen LogP) is 3.60. The van der Waals surface area contributed by atoms with Crippen molar-refractivity contribution in [3.8, 4) is 0 Å². The summed E-state index contributed by atoms with van der Waals surface area (Å²) in [5.74, 6) is 0.961. The van der Waals surface area contributed by atoms with Gasteiger partial charge in [0.2, 0.25) is 0 Å². The Morgan fingerprint density at radius 2 is 2.12 bits per heavy atom. The van der Waals surface area contributed by atoms with E-state index in [0.29, 0.717) is 0 Å². The highest BCUT2D eigenvalue weighted by molar-refractivity contribution is 7.18. The van der Waals surface area contributed by atoms with Crippen LogP contribution < -0.4 is 5.32 Å². The highest BCUT2D eigenvalue weighted by Crippen LogP contribution is 2.34. The molecular formula is C18H19N5S. The maximum atomic E-state index is 4.89. The van der Waals surface area contributed by atoms with Crippen LogP contribution in [-0.2, 0) is 0 Å². The molecule has 0 saturated heterocycles. The zero-order valence-electron chi connectivity index (χ0n) is 13.8. The van der Waals surface area contributed by atoms with E-state index in [4.69, 9.17) is 4.98 Å². The minimum absolute atomic E-state index is 0.792. The molecule has 122 valence electrons. The maximum absolute atomic E-state index is 4.89. The smallest absolute Gasteiger partial charge is 0.135 e. The standard InChI is InChI=1S/C18H19N5S/c1-23(2)9-8-19-18-14-6-10-24-17(14)13-4-3-12(11-16(13)21-18)15-5-7-20-22-15/h3-4,6-7,10-11H,5,8-9H2,1-2H3,(H,19,21). The summed E-state index contributed by atoms with van der Waals surface area (Å²) in [6, 6.07) is 8.54. The Hall–Kier alpha value is -2.31. The van der Waals surface area contributed by atoms with Gasteiger partial charge in [0.1, 0.15) is 5.82 Å². The third-order valence-electron chi connectivity index (χ3n) is 4.12. The van der Waals surface area contributed by atoms with Crippen molar-refractivity contribution >= 4 is 50.1 Å². The molecule has 1 aliphatic heterocycles. The number of hydrogen-bond acceptors (Lipinski definition) is 6. The molecule has 0 fully saturated rings. The zero-order valence-corrected chi connectivity index (χ0v) is 14.6. The minimum atomic E-state index is 0.792. The summed E-state index contributed by atoms with van der Waals surface area (Å²) in [7, 11) is 4.15. The summed E-state index contributed by atoms with van der Waals surface area (Å²) >= 11 is 1.76. The van der Waals surface area contributed by atoms with Crippen LogP contribution in [0, 0.1) is 0 Å². The lowest BCUT2D eigenvalue weighted by Crippen LogP contribution is -2.21. The first-order chi connectivity index (χ1) is 11.7. The Labute approximate surface area is 144 Å². The van der Waals surface area contributed by atoms with Gasteiger partial charge in [0.05, 0.1) is 11.2 Å². The van der Waals surface area contributed by atoms with E-state index in [1.54, 1.807) is 11.3 Å². The second-order valence-electron chi connectivity index (χ2n) is 6.13. The number of nitrogens with one attached hydrogen (secondary N) is 1. The molecule has 0 atom stereocenters. The Balaban J connectivity index is 1.77. The van der Waals surface area contributed by atoms with E-state index in [0.717, 1.165) is 42.1 Å². The molecule has 0 bridgehead atoms. The number of fused-ring (bicyclic) bond motifs is 3. The number of pyridine rings is 1. The molecule has 24 heavy (non-hydrogen) atoms. The number of aromatic nitrogens is 1. The maximum Gasteiger partial charge on any atom is 0.135 e. The molecule has 3 heterocycles. The molecule has 3 aromatic rings. The van der Waals surface area contributed by atoms with Crippen molar-refractivity contribution in [2.45, 2.75) is 6.42 Å². The zero-order chi connectivity index (χ0) is 16.5. The Kier molecular flexibility index (Phi) is 4.00. The van der Waals surface area contributed by atoms with E-state index in [1.165, 1.54) is 15.5 Å². The average molecular weight is 337 g/mol. The molecule has 2 aromatic heterocycles. The number of hydrogen-bond donors (Lipinski definition) is 1. The van der Waals surface area contributed by atoms with Crippen LogP contribution in [0.25, 0.3) is 21.0 Å². The fourth-order valence-electron chi connectivity index (χ4n) is 2.87. The van der Waals surface area contributed by atoms with Crippen LogP contribution >= 0.6 is 11.3 Å². The van der Waals surface area contributed by atoms with Crippen molar-refractivity contribution in [3.05, 3.63) is 35.2 Å². The molecule has 0 saturated carbocycles. The first kappa shape index (κ1) is 15.2. The van der Waals surface area contributed by atoms with E-state index in [-0.39, 0.29) is 0 Å².